The Morgan fingerprint density at radius 3 is 2.96 bits per heavy atom. The lowest BCUT2D eigenvalue weighted by molar-refractivity contribution is 0.0689. The van der Waals surface area contributed by atoms with Crippen LogP contribution in [0.4, 0.5) is 10.5 Å². The van der Waals surface area contributed by atoms with Gasteiger partial charge in [0.05, 0.1) is 12.8 Å². The number of hydrogen-bond acceptors (Lipinski definition) is 5. The van der Waals surface area contributed by atoms with Gasteiger partial charge in [-0.2, -0.15) is 0 Å². The van der Waals surface area contributed by atoms with Crippen LogP contribution in [0.15, 0.2) is 64.8 Å². The predicted molar refractivity (Wildman–Crippen MR) is 110 cm³/mol. The number of urea groups is 1. The number of hydrogen-bond donors (Lipinski definition) is 2. The molecule has 1 aliphatic heterocycles. The molecule has 6 nitrogen and oxygen atoms in total. The number of anilines is 1. The second kappa shape index (κ2) is 9.59. The zero-order valence-corrected chi connectivity index (χ0v) is 16.7. The topological polar surface area (TPSA) is 80.5 Å². The van der Waals surface area contributed by atoms with Gasteiger partial charge in [0.15, 0.2) is 0 Å². The Morgan fingerprint density at radius 2 is 2.19 bits per heavy atom. The number of nitrogens with two attached hydrogens (primary N) is 1. The molecule has 27 heavy (non-hydrogen) atoms. The second-order valence-corrected chi connectivity index (χ2v) is 7.49. The highest BCUT2D eigenvalue weighted by Gasteiger charge is 2.27. The third-order valence-electron chi connectivity index (χ3n) is 3.78. The van der Waals surface area contributed by atoms with Gasteiger partial charge in [0.25, 0.3) is 0 Å². The Hall–Kier alpha value is -2.29. The van der Waals surface area contributed by atoms with Gasteiger partial charge in [-0.15, -0.1) is 11.8 Å². The van der Waals surface area contributed by atoms with E-state index in [9.17, 15) is 4.79 Å². The van der Waals surface area contributed by atoms with Gasteiger partial charge in [-0.25, -0.2) is 10.3 Å². The number of pyridine rings is 1. The van der Waals surface area contributed by atoms with Crippen molar-refractivity contribution in [2.75, 3.05) is 12.3 Å². The molecule has 2 aromatic rings. The van der Waals surface area contributed by atoms with E-state index in [1.54, 1.807) is 17.8 Å². The first-order valence-electron chi connectivity index (χ1n) is 8.18. The molecular formula is C19H18BrN4O2S. The van der Waals surface area contributed by atoms with Gasteiger partial charge >= 0.3 is 6.03 Å². The Balaban J connectivity index is 1.43. The number of nitrogen functional groups attached to an aromatic ring is 1. The lowest BCUT2D eigenvalue weighted by Crippen LogP contribution is -2.36. The molecule has 139 valence electrons. The van der Waals surface area contributed by atoms with Gasteiger partial charge in [-0.05, 0) is 47.2 Å². The molecule has 0 spiro atoms. The van der Waals surface area contributed by atoms with Crippen LogP contribution in [0, 0.1) is 6.20 Å². The van der Waals surface area contributed by atoms with E-state index in [0.717, 1.165) is 21.3 Å². The number of benzene rings is 1. The lowest BCUT2D eigenvalue weighted by Gasteiger charge is -2.22. The van der Waals surface area contributed by atoms with E-state index in [-0.39, 0.29) is 18.0 Å². The van der Waals surface area contributed by atoms with Crippen molar-refractivity contribution < 1.29 is 9.63 Å². The minimum Gasteiger partial charge on any atom is -0.398 e. The molecule has 1 aromatic carbocycles. The van der Waals surface area contributed by atoms with Crippen LogP contribution in [0.25, 0.3) is 0 Å². The number of rotatable bonds is 6. The first-order chi connectivity index (χ1) is 13.1. The van der Waals surface area contributed by atoms with E-state index in [0.29, 0.717) is 6.42 Å². The zero-order valence-electron chi connectivity index (χ0n) is 14.3. The van der Waals surface area contributed by atoms with Gasteiger partial charge in [0, 0.05) is 22.6 Å². The third kappa shape index (κ3) is 5.35. The standard InChI is InChI=1S/C19H18BrN4O2S/c20-16-5-4-14(17(21)13-16)3-1-2-11-26-23-19(25)24-10-12-27-18(24)15-6-8-22-9-7-15/h1-2,4-9,12-13,18H,3,11,21H2,(H,23,25). The first kappa shape index (κ1) is 19.5. The molecular weight excluding hydrogens is 428 g/mol. The Morgan fingerprint density at radius 1 is 1.37 bits per heavy atom. The second-order valence-electron chi connectivity index (χ2n) is 5.62. The molecule has 1 aromatic heterocycles. The van der Waals surface area contributed by atoms with Gasteiger partial charge in [0.2, 0.25) is 0 Å². The monoisotopic (exact) mass is 445 g/mol. The molecule has 1 radical (unpaired) electrons. The number of carbonyl (C=O) groups is 1. The maximum atomic E-state index is 12.3. The smallest absolute Gasteiger partial charge is 0.347 e. The fourth-order valence-corrected chi connectivity index (χ4v) is 3.71. The number of carbonyl (C=O) groups excluding carboxylic acids is 1. The van der Waals surface area contributed by atoms with E-state index in [1.807, 2.05) is 42.5 Å². The van der Waals surface area contributed by atoms with Gasteiger partial charge < -0.3 is 5.73 Å². The number of allylic oxidation sites excluding steroid dienone is 1. The fourth-order valence-electron chi connectivity index (χ4n) is 2.43. The van der Waals surface area contributed by atoms with Gasteiger partial charge in [-0.1, -0.05) is 34.1 Å². The summed E-state index contributed by atoms with van der Waals surface area (Å²) in [5, 5.41) is 1.58. The SMILES string of the molecule is Nc1cc(Br)ccc1CC=CCONC(=O)N1[C]=CSC1c1ccncc1. The summed E-state index contributed by atoms with van der Waals surface area (Å²) >= 11 is 4.88. The van der Waals surface area contributed by atoms with Crippen LogP contribution in [0.5, 0.6) is 0 Å². The molecule has 0 fully saturated rings. The van der Waals surface area contributed by atoms with Gasteiger partial charge in [-0.3, -0.25) is 14.7 Å². The average Bonchev–Trinajstić information content (AvgIpc) is 3.16. The number of halogens is 1. The highest BCUT2D eigenvalue weighted by molar-refractivity contribution is 9.10. The molecule has 8 heteroatoms. The quantitative estimate of drug-likeness (QED) is 0.301. The van der Waals surface area contributed by atoms with Crippen LogP contribution in [-0.4, -0.2) is 22.5 Å². The highest BCUT2D eigenvalue weighted by Crippen LogP contribution is 2.37. The highest BCUT2D eigenvalue weighted by atomic mass is 79.9. The Labute approximate surface area is 170 Å². The summed E-state index contributed by atoms with van der Waals surface area (Å²) in [5.74, 6) is 0. The minimum absolute atomic E-state index is 0.174. The van der Waals surface area contributed by atoms with Crippen molar-refractivity contribution in [2.45, 2.75) is 11.8 Å². The summed E-state index contributed by atoms with van der Waals surface area (Å²) in [6, 6.07) is 9.17. The van der Waals surface area contributed by atoms with Crippen molar-refractivity contribution in [3.8, 4) is 0 Å². The van der Waals surface area contributed by atoms with E-state index in [2.05, 4.69) is 32.6 Å². The number of nitrogens with zero attached hydrogens (tertiary/aromatic N) is 2. The Bertz CT molecular complexity index is 845. The molecule has 0 saturated carbocycles. The molecule has 0 aliphatic carbocycles. The van der Waals surface area contributed by atoms with Crippen molar-refractivity contribution in [2.24, 2.45) is 0 Å². The minimum atomic E-state index is -0.372. The summed E-state index contributed by atoms with van der Waals surface area (Å²) in [4.78, 5) is 23.0. The summed E-state index contributed by atoms with van der Waals surface area (Å²) in [5.41, 5.74) is 11.1. The predicted octanol–water partition coefficient (Wildman–Crippen LogP) is 4.19. The maximum absolute atomic E-state index is 12.3. The number of hydroxylamine groups is 1. The van der Waals surface area contributed by atoms with Crippen LogP contribution in [0.3, 0.4) is 0 Å². The molecule has 1 atom stereocenters. The number of nitrogens with one attached hydrogen (secondary N) is 1. The Kier molecular flexibility index (Phi) is 6.92. The van der Waals surface area contributed by atoms with Crippen LogP contribution in [0.1, 0.15) is 16.5 Å². The lowest BCUT2D eigenvalue weighted by atomic mass is 10.1. The van der Waals surface area contributed by atoms with E-state index < -0.39 is 0 Å². The first-order valence-corrected chi connectivity index (χ1v) is 9.92. The molecule has 2 amide bonds. The van der Waals surface area contributed by atoms with Crippen molar-refractivity contribution in [3.05, 3.63) is 82.1 Å². The summed E-state index contributed by atoms with van der Waals surface area (Å²) in [6.07, 6.45) is 10.8. The van der Waals surface area contributed by atoms with E-state index >= 15 is 0 Å². The van der Waals surface area contributed by atoms with Crippen molar-refractivity contribution >= 4 is 39.4 Å². The maximum Gasteiger partial charge on any atom is 0.347 e. The molecule has 3 rings (SSSR count). The van der Waals surface area contributed by atoms with Crippen molar-refractivity contribution in [3.63, 3.8) is 0 Å². The summed E-state index contributed by atoms with van der Waals surface area (Å²) in [6.45, 7) is 0.257. The molecule has 0 bridgehead atoms. The zero-order chi connectivity index (χ0) is 19.1. The van der Waals surface area contributed by atoms with Crippen LogP contribution in [-0.2, 0) is 11.3 Å². The number of thioether (sulfide) groups is 1. The van der Waals surface area contributed by atoms with Crippen molar-refractivity contribution in [1.82, 2.24) is 15.4 Å². The van der Waals surface area contributed by atoms with E-state index in [1.165, 1.54) is 16.7 Å². The molecule has 1 aliphatic rings. The van der Waals surface area contributed by atoms with E-state index in [4.69, 9.17) is 10.6 Å². The molecule has 1 unspecified atom stereocenters. The third-order valence-corrected chi connectivity index (χ3v) is 5.26. The van der Waals surface area contributed by atoms with Gasteiger partial charge in [0.1, 0.15) is 5.37 Å². The van der Waals surface area contributed by atoms with Crippen LogP contribution in [0.2, 0.25) is 0 Å². The number of amides is 2. The molecule has 3 N–H and O–H groups in total. The van der Waals surface area contributed by atoms with Crippen LogP contribution >= 0.6 is 27.7 Å². The fraction of sp³-hybridized carbons (Fsp3) is 0.158. The largest absolute Gasteiger partial charge is 0.398 e. The normalized spacial score (nSPS) is 16.2. The van der Waals surface area contributed by atoms with Crippen molar-refractivity contribution in [1.29, 1.82) is 0 Å². The average molecular weight is 446 g/mol. The summed E-state index contributed by atoms with van der Waals surface area (Å²) < 4.78 is 0.953. The summed E-state index contributed by atoms with van der Waals surface area (Å²) in [7, 11) is 0. The number of aromatic nitrogens is 1. The molecule has 2 heterocycles. The molecule has 0 saturated heterocycles. The van der Waals surface area contributed by atoms with Crippen LogP contribution < -0.4 is 11.2 Å².